The molecule has 0 saturated carbocycles. The van der Waals surface area contributed by atoms with Gasteiger partial charge in [0.2, 0.25) is 0 Å². The number of hydrogen-bond donors (Lipinski definition) is 2. The summed E-state index contributed by atoms with van der Waals surface area (Å²) in [5, 5.41) is 4.56. The summed E-state index contributed by atoms with van der Waals surface area (Å²) in [6, 6.07) is 10.0. The fraction of sp³-hybridized carbons (Fsp3) is 0.0667. The highest BCUT2D eigenvalue weighted by molar-refractivity contribution is 5.86. The Balaban J connectivity index is 2.94. The molecular weight excluding hydrogens is 208 g/mol. The van der Waals surface area contributed by atoms with Crippen LogP contribution >= 0.6 is 0 Å². The van der Waals surface area contributed by atoms with Gasteiger partial charge in [0, 0.05) is 11.4 Å². The van der Waals surface area contributed by atoms with E-state index in [2.05, 4.69) is 12.7 Å². The minimum absolute atomic E-state index is 0.558. The molecule has 0 saturated heterocycles. The smallest absolute Gasteiger partial charge is 0.0320 e. The summed E-state index contributed by atoms with van der Waals surface area (Å²) in [5.41, 5.74) is 12.7. The summed E-state index contributed by atoms with van der Waals surface area (Å²) in [6.45, 7) is 5.72. The Labute approximate surface area is 101 Å². The van der Waals surface area contributed by atoms with Crippen molar-refractivity contribution in [2.45, 2.75) is 6.92 Å². The van der Waals surface area contributed by atoms with Crippen molar-refractivity contribution in [3.8, 4) is 0 Å². The molecule has 4 N–H and O–H groups in total. The maximum atomic E-state index is 5.78. The molecule has 0 radical (unpaired) electrons. The molecule has 0 heterocycles. The molecule has 2 aromatic carbocycles. The Morgan fingerprint density at radius 3 is 2.65 bits per heavy atom. The van der Waals surface area contributed by atoms with Crippen LogP contribution in [0, 0.1) is 0 Å². The van der Waals surface area contributed by atoms with E-state index in [9.17, 15) is 0 Å². The predicted molar refractivity (Wildman–Crippen MR) is 75.5 cm³/mol. The molecule has 0 spiro atoms. The first-order valence-electron chi connectivity index (χ1n) is 5.52. The number of nitrogen functional groups attached to an aromatic ring is 1. The lowest BCUT2D eigenvalue weighted by Gasteiger charge is -2.02. The largest absolute Gasteiger partial charge is 0.399 e. The van der Waals surface area contributed by atoms with E-state index in [1.807, 2.05) is 43.3 Å². The Hall–Kier alpha value is -2.22. The van der Waals surface area contributed by atoms with Gasteiger partial charge in [-0.3, -0.25) is 0 Å². The third-order valence-electron chi connectivity index (χ3n) is 2.75. The van der Waals surface area contributed by atoms with Crippen LogP contribution in [0.2, 0.25) is 0 Å². The maximum Gasteiger partial charge on any atom is 0.0320 e. The van der Waals surface area contributed by atoms with E-state index in [1.54, 1.807) is 0 Å². The van der Waals surface area contributed by atoms with Crippen molar-refractivity contribution >= 4 is 28.6 Å². The van der Waals surface area contributed by atoms with Crippen molar-refractivity contribution in [3.05, 3.63) is 53.0 Å². The SMILES string of the molecule is C=C(N)/C=c1/ccc2cc(N)ccc2/c1=C/C. The Morgan fingerprint density at radius 1 is 1.24 bits per heavy atom. The zero-order valence-electron chi connectivity index (χ0n) is 9.90. The number of nitrogens with two attached hydrogens (primary N) is 2. The highest BCUT2D eigenvalue weighted by Gasteiger charge is 1.96. The van der Waals surface area contributed by atoms with Crippen LogP contribution in [0.4, 0.5) is 5.69 Å². The van der Waals surface area contributed by atoms with Crippen molar-refractivity contribution in [3.63, 3.8) is 0 Å². The first-order chi connectivity index (χ1) is 8.11. The maximum absolute atomic E-state index is 5.78. The van der Waals surface area contributed by atoms with Crippen LogP contribution in [0.1, 0.15) is 6.92 Å². The first kappa shape index (κ1) is 11.3. The third kappa shape index (κ3) is 2.16. The third-order valence-corrected chi connectivity index (χ3v) is 2.75. The van der Waals surface area contributed by atoms with E-state index in [1.165, 1.54) is 5.39 Å². The van der Waals surface area contributed by atoms with Gasteiger partial charge in [-0.15, -0.1) is 0 Å². The highest BCUT2D eigenvalue weighted by atomic mass is 14.5. The van der Waals surface area contributed by atoms with Gasteiger partial charge < -0.3 is 11.5 Å². The molecule has 0 atom stereocenters. The Morgan fingerprint density at radius 2 is 2.00 bits per heavy atom. The number of allylic oxidation sites excluding steroid dienone is 1. The molecule has 0 aliphatic carbocycles. The van der Waals surface area contributed by atoms with Crippen molar-refractivity contribution in [2.75, 3.05) is 5.73 Å². The minimum Gasteiger partial charge on any atom is -0.399 e. The molecular formula is C15H16N2. The zero-order valence-corrected chi connectivity index (χ0v) is 9.90. The molecule has 0 fully saturated rings. The lowest BCUT2D eigenvalue weighted by Crippen LogP contribution is -2.25. The van der Waals surface area contributed by atoms with E-state index >= 15 is 0 Å². The molecule has 17 heavy (non-hydrogen) atoms. The zero-order chi connectivity index (χ0) is 12.4. The van der Waals surface area contributed by atoms with Crippen molar-refractivity contribution < 1.29 is 0 Å². The van der Waals surface area contributed by atoms with Gasteiger partial charge >= 0.3 is 0 Å². The quantitative estimate of drug-likeness (QED) is 0.721. The molecule has 0 unspecified atom stereocenters. The van der Waals surface area contributed by atoms with Crippen molar-refractivity contribution in [1.29, 1.82) is 0 Å². The minimum atomic E-state index is 0.558. The van der Waals surface area contributed by atoms with Crippen LogP contribution in [0.3, 0.4) is 0 Å². The van der Waals surface area contributed by atoms with Gasteiger partial charge in [-0.1, -0.05) is 30.9 Å². The van der Waals surface area contributed by atoms with Crippen LogP contribution in [-0.4, -0.2) is 0 Å². The lowest BCUT2D eigenvalue weighted by molar-refractivity contribution is 1.47. The number of benzene rings is 2. The summed E-state index contributed by atoms with van der Waals surface area (Å²) in [4.78, 5) is 0. The molecule has 2 aromatic rings. The normalized spacial score (nSPS) is 13.2. The van der Waals surface area contributed by atoms with Crippen molar-refractivity contribution in [2.24, 2.45) is 5.73 Å². The highest BCUT2D eigenvalue weighted by Crippen LogP contribution is 2.12. The molecule has 2 nitrogen and oxygen atoms in total. The van der Waals surface area contributed by atoms with Crippen LogP contribution in [-0.2, 0) is 0 Å². The second-order valence-corrected chi connectivity index (χ2v) is 4.06. The summed E-state index contributed by atoms with van der Waals surface area (Å²) < 4.78 is 0. The van der Waals surface area contributed by atoms with Crippen LogP contribution in [0.15, 0.2) is 42.6 Å². The van der Waals surface area contributed by atoms with Gasteiger partial charge in [0.15, 0.2) is 0 Å². The van der Waals surface area contributed by atoms with Crippen LogP contribution < -0.4 is 21.9 Å². The number of rotatable bonds is 1. The lowest BCUT2D eigenvalue weighted by atomic mass is 10.0. The van der Waals surface area contributed by atoms with Gasteiger partial charge in [0.1, 0.15) is 0 Å². The van der Waals surface area contributed by atoms with Gasteiger partial charge in [-0.25, -0.2) is 0 Å². The molecule has 0 aliphatic rings. The summed E-state index contributed by atoms with van der Waals surface area (Å²) in [7, 11) is 0. The Bertz CT molecular complexity index is 697. The van der Waals surface area contributed by atoms with E-state index in [-0.39, 0.29) is 0 Å². The molecule has 0 amide bonds. The van der Waals surface area contributed by atoms with Gasteiger partial charge in [-0.2, -0.15) is 0 Å². The average molecular weight is 224 g/mol. The van der Waals surface area contributed by atoms with Crippen LogP contribution in [0.5, 0.6) is 0 Å². The van der Waals surface area contributed by atoms with Crippen LogP contribution in [0.25, 0.3) is 22.9 Å². The number of fused-ring (bicyclic) bond motifs is 1. The fourth-order valence-electron chi connectivity index (χ4n) is 2.04. The second kappa shape index (κ2) is 4.34. The van der Waals surface area contributed by atoms with Gasteiger partial charge in [0.25, 0.3) is 0 Å². The average Bonchev–Trinajstić information content (AvgIpc) is 2.28. The Kier molecular flexibility index (Phi) is 2.88. The predicted octanol–water partition coefficient (Wildman–Crippen LogP) is 1.48. The molecule has 0 aliphatic heterocycles. The second-order valence-electron chi connectivity index (χ2n) is 4.06. The van der Waals surface area contributed by atoms with E-state index in [0.717, 1.165) is 21.5 Å². The van der Waals surface area contributed by atoms with Gasteiger partial charge in [0.05, 0.1) is 0 Å². The number of anilines is 1. The monoisotopic (exact) mass is 224 g/mol. The molecule has 86 valence electrons. The fourth-order valence-corrected chi connectivity index (χ4v) is 2.04. The molecule has 2 rings (SSSR count). The molecule has 0 bridgehead atoms. The molecule has 0 aromatic heterocycles. The summed E-state index contributed by atoms with van der Waals surface area (Å²) in [6.07, 6.45) is 3.96. The standard InChI is InChI=1S/C15H16N2/c1-3-14-11(8-10(2)16)4-5-12-9-13(17)6-7-15(12)14/h3-9H,2,16-17H2,1H3/b11-8-,14-3+. The van der Waals surface area contributed by atoms with Crippen molar-refractivity contribution in [1.82, 2.24) is 0 Å². The summed E-state index contributed by atoms with van der Waals surface area (Å²) in [5.74, 6) is 0. The van der Waals surface area contributed by atoms with E-state index in [4.69, 9.17) is 11.5 Å². The molecule has 2 heteroatoms. The van der Waals surface area contributed by atoms with E-state index < -0.39 is 0 Å². The first-order valence-corrected chi connectivity index (χ1v) is 5.52. The number of hydrogen-bond acceptors (Lipinski definition) is 2. The van der Waals surface area contributed by atoms with E-state index in [0.29, 0.717) is 5.70 Å². The summed E-state index contributed by atoms with van der Waals surface area (Å²) >= 11 is 0. The topological polar surface area (TPSA) is 52.0 Å². The van der Waals surface area contributed by atoms with Gasteiger partial charge in [-0.05, 0) is 46.3 Å².